The van der Waals surface area contributed by atoms with Gasteiger partial charge in [0.05, 0.1) is 11.9 Å². The zero-order chi connectivity index (χ0) is 15.3. The molecule has 7 heteroatoms. The Morgan fingerprint density at radius 2 is 2.00 bits per heavy atom. The van der Waals surface area contributed by atoms with Crippen LogP contribution in [0.15, 0.2) is 0 Å². The first-order valence-electron chi connectivity index (χ1n) is 6.68. The Morgan fingerprint density at radius 1 is 1.35 bits per heavy atom. The summed E-state index contributed by atoms with van der Waals surface area (Å²) < 4.78 is 5.17. The SMILES string of the molecule is CC(C)(C)OC(=O)N[C@@H]1CC[C@@H](SCC(=O)O)[C@H](O)C1. The normalized spacial score (nSPS) is 26.9. The largest absolute Gasteiger partial charge is 0.481 e. The molecule has 0 bridgehead atoms. The van der Waals surface area contributed by atoms with Crippen molar-refractivity contribution in [2.75, 3.05) is 5.75 Å². The number of hydrogen-bond donors (Lipinski definition) is 3. The standard InChI is InChI=1S/C13H23NO5S/c1-13(2,3)19-12(18)14-8-4-5-10(9(15)6-8)20-7-11(16)17/h8-10,15H,4-7H2,1-3H3,(H,14,18)(H,16,17)/t8-,9-,10-/m1/s1. The lowest BCUT2D eigenvalue weighted by Crippen LogP contribution is -2.45. The third kappa shape index (κ3) is 6.47. The smallest absolute Gasteiger partial charge is 0.407 e. The number of carbonyl (C=O) groups is 2. The number of carboxylic acids is 1. The zero-order valence-corrected chi connectivity index (χ0v) is 12.9. The highest BCUT2D eigenvalue weighted by molar-refractivity contribution is 8.00. The maximum absolute atomic E-state index is 11.6. The van der Waals surface area contributed by atoms with E-state index >= 15 is 0 Å². The first-order chi connectivity index (χ1) is 9.17. The molecule has 0 radical (unpaired) electrons. The van der Waals surface area contributed by atoms with Gasteiger partial charge in [0.15, 0.2) is 0 Å². The minimum atomic E-state index is -0.879. The molecule has 1 fully saturated rings. The van der Waals surface area contributed by atoms with Crippen LogP contribution in [0.4, 0.5) is 4.79 Å². The van der Waals surface area contributed by atoms with Gasteiger partial charge >= 0.3 is 12.1 Å². The number of aliphatic carboxylic acids is 1. The summed E-state index contributed by atoms with van der Waals surface area (Å²) in [4.78, 5) is 22.1. The minimum absolute atomic E-state index is 0.00805. The number of nitrogens with one attached hydrogen (secondary N) is 1. The van der Waals surface area contributed by atoms with E-state index in [1.807, 2.05) is 0 Å². The van der Waals surface area contributed by atoms with Gasteiger partial charge < -0.3 is 20.3 Å². The van der Waals surface area contributed by atoms with E-state index < -0.39 is 23.8 Å². The predicted molar refractivity (Wildman–Crippen MR) is 76.9 cm³/mol. The highest BCUT2D eigenvalue weighted by Gasteiger charge is 2.31. The van der Waals surface area contributed by atoms with Gasteiger partial charge in [0.2, 0.25) is 0 Å². The van der Waals surface area contributed by atoms with Crippen molar-refractivity contribution in [3.8, 4) is 0 Å². The summed E-state index contributed by atoms with van der Waals surface area (Å²) in [5.41, 5.74) is -0.544. The van der Waals surface area contributed by atoms with Crippen LogP contribution in [0.25, 0.3) is 0 Å². The van der Waals surface area contributed by atoms with Gasteiger partial charge in [-0.2, -0.15) is 0 Å². The Balaban J connectivity index is 2.36. The molecule has 0 heterocycles. The number of carboxylic acid groups (broad SMARTS) is 1. The summed E-state index contributed by atoms with van der Waals surface area (Å²) in [5, 5.41) is 21.3. The fourth-order valence-electron chi connectivity index (χ4n) is 2.10. The van der Waals surface area contributed by atoms with Crippen LogP contribution in [0.3, 0.4) is 0 Å². The summed E-state index contributed by atoms with van der Waals surface area (Å²) in [6.07, 6.45) is 0.739. The van der Waals surface area contributed by atoms with Crippen molar-refractivity contribution in [2.24, 2.45) is 0 Å². The van der Waals surface area contributed by atoms with Crippen LogP contribution in [0.1, 0.15) is 40.0 Å². The van der Waals surface area contributed by atoms with Crippen LogP contribution >= 0.6 is 11.8 Å². The maximum atomic E-state index is 11.6. The van der Waals surface area contributed by atoms with Gasteiger partial charge in [0, 0.05) is 11.3 Å². The molecule has 1 aliphatic carbocycles. The molecule has 1 amide bonds. The lowest BCUT2D eigenvalue weighted by molar-refractivity contribution is -0.133. The molecule has 3 N–H and O–H groups in total. The summed E-state index contributed by atoms with van der Waals surface area (Å²) in [6, 6.07) is -0.124. The number of alkyl carbamates (subject to hydrolysis) is 1. The second-order valence-corrected chi connectivity index (χ2v) is 7.19. The van der Waals surface area contributed by atoms with Crippen molar-refractivity contribution < 1.29 is 24.5 Å². The molecule has 0 aliphatic heterocycles. The molecular formula is C13H23NO5S. The van der Waals surface area contributed by atoms with Crippen molar-refractivity contribution in [3.05, 3.63) is 0 Å². The molecule has 1 saturated carbocycles. The van der Waals surface area contributed by atoms with E-state index in [0.717, 1.165) is 0 Å². The summed E-state index contributed by atoms with van der Waals surface area (Å²) >= 11 is 1.25. The van der Waals surface area contributed by atoms with Crippen molar-refractivity contribution in [2.45, 2.75) is 63.0 Å². The van der Waals surface area contributed by atoms with Gasteiger partial charge in [-0.1, -0.05) is 0 Å². The van der Waals surface area contributed by atoms with Crippen molar-refractivity contribution in [1.82, 2.24) is 5.32 Å². The van der Waals surface area contributed by atoms with Crippen LogP contribution < -0.4 is 5.32 Å². The van der Waals surface area contributed by atoms with Crippen LogP contribution in [0, 0.1) is 0 Å². The zero-order valence-electron chi connectivity index (χ0n) is 12.1. The number of ether oxygens (including phenoxy) is 1. The van der Waals surface area contributed by atoms with Crippen molar-refractivity contribution in [3.63, 3.8) is 0 Å². The van der Waals surface area contributed by atoms with E-state index in [2.05, 4.69) is 5.32 Å². The number of aliphatic hydroxyl groups excluding tert-OH is 1. The van der Waals surface area contributed by atoms with Crippen LogP contribution in [0.5, 0.6) is 0 Å². The van der Waals surface area contributed by atoms with Crippen LogP contribution in [-0.4, -0.2) is 51.0 Å². The van der Waals surface area contributed by atoms with Gasteiger partial charge in [-0.15, -0.1) is 11.8 Å². The van der Waals surface area contributed by atoms with Crippen molar-refractivity contribution >= 4 is 23.8 Å². The Labute approximate surface area is 123 Å². The van der Waals surface area contributed by atoms with Gasteiger partial charge in [0.1, 0.15) is 5.60 Å². The number of hydrogen-bond acceptors (Lipinski definition) is 5. The minimum Gasteiger partial charge on any atom is -0.481 e. The molecule has 6 nitrogen and oxygen atoms in total. The molecule has 0 aromatic rings. The number of amides is 1. The second kappa shape index (κ2) is 7.17. The van der Waals surface area contributed by atoms with Gasteiger partial charge in [0.25, 0.3) is 0 Å². The average Bonchev–Trinajstić information content (AvgIpc) is 2.24. The third-order valence-corrected chi connectivity index (χ3v) is 4.29. The first-order valence-corrected chi connectivity index (χ1v) is 7.73. The molecule has 0 aromatic heterocycles. The highest BCUT2D eigenvalue weighted by atomic mass is 32.2. The van der Waals surface area contributed by atoms with Gasteiger partial charge in [-0.3, -0.25) is 4.79 Å². The molecule has 0 aromatic carbocycles. The summed E-state index contributed by atoms with van der Waals surface area (Å²) in [7, 11) is 0. The number of rotatable bonds is 4. The molecule has 20 heavy (non-hydrogen) atoms. The maximum Gasteiger partial charge on any atom is 0.407 e. The number of carbonyl (C=O) groups excluding carboxylic acids is 1. The third-order valence-electron chi connectivity index (χ3n) is 2.90. The molecule has 0 unspecified atom stereocenters. The lowest BCUT2D eigenvalue weighted by atomic mass is 9.92. The lowest BCUT2D eigenvalue weighted by Gasteiger charge is -2.33. The Morgan fingerprint density at radius 3 is 2.50 bits per heavy atom. The Bertz CT molecular complexity index is 355. The monoisotopic (exact) mass is 305 g/mol. The quantitative estimate of drug-likeness (QED) is 0.730. The molecule has 1 rings (SSSR count). The predicted octanol–water partition coefficient (Wildman–Crippen LogP) is 1.61. The molecule has 0 spiro atoms. The number of thioether (sulfide) groups is 1. The van der Waals surface area contributed by atoms with E-state index in [-0.39, 0.29) is 17.0 Å². The van der Waals surface area contributed by atoms with E-state index in [4.69, 9.17) is 9.84 Å². The molecular weight excluding hydrogens is 282 g/mol. The average molecular weight is 305 g/mol. The van der Waals surface area contributed by atoms with Crippen molar-refractivity contribution in [1.29, 1.82) is 0 Å². The van der Waals surface area contributed by atoms with Gasteiger partial charge in [-0.25, -0.2) is 4.79 Å². The van der Waals surface area contributed by atoms with E-state index in [9.17, 15) is 14.7 Å². The molecule has 3 atom stereocenters. The van der Waals surface area contributed by atoms with E-state index in [1.54, 1.807) is 20.8 Å². The first kappa shape index (κ1) is 17.1. The Hall–Kier alpha value is -0.950. The van der Waals surface area contributed by atoms with Crippen LogP contribution in [-0.2, 0) is 9.53 Å². The highest BCUT2D eigenvalue weighted by Crippen LogP contribution is 2.29. The molecule has 0 saturated heterocycles. The summed E-state index contributed by atoms with van der Waals surface area (Å²) in [5.74, 6) is -0.887. The van der Waals surface area contributed by atoms with E-state index in [0.29, 0.717) is 19.3 Å². The fraction of sp³-hybridized carbons (Fsp3) is 0.846. The molecule has 1 aliphatic rings. The second-order valence-electron chi connectivity index (χ2n) is 5.97. The summed E-state index contributed by atoms with van der Waals surface area (Å²) in [6.45, 7) is 5.38. The topological polar surface area (TPSA) is 95.9 Å². The Kier molecular flexibility index (Phi) is 6.13. The number of aliphatic hydroxyl groups is 1. The van der Waals surface area contributed by atoms with Crippen LogP contribution in [0.2, 0.25) is 0 Å². The fourth-order valence-corrected chi connectivity index (χ4v) is 3.09. The van der Waals surface area contributed by atoms with E-state index in [1.165, 1.54) is 11.8 Å². The van der Waals surface area contributed by atoms with Gasteiger partial charge in [-0.05, 0) is 40.0 Å². The molecule has 116 valence electrons.